The Balaban J connectivity index is 2.36. The monoisotopic (exact) mass is 458 g/mol. The van der Waals surface area contributed by atoms with Gasteiger partial charge in [0.05, 0.1) is 0 Å². The summed E-state index contributed by atoms with van der Waals surface area (Å²) in [7, 11) is 0. The Kier molecular flexibility index (Phi) is 7.72. The van der Waals surface area contributed by atoms with Gasteiger partial charge in [0.2, 0.25) is 0 Å². The Labute approximate surface area is 214 Å². The average molecular weight is 458 g/mol. The van der Waals surface area contributed by atoms with Crippen molar-refractivity contribution < 1.29 is 0 Å². The summed E-state index contributed by atoms with van der Waals surface area (Å²) < 4.78 is 0. The molecule has 0 fully saturated rings. The zero-order valence-electron chi connectivity index (χ0n) is 23.0. The highest BCUT2D eigenvalue weighted by molar-refractivity contribution is 6.88. The molecule has 3 rings (SSSR count). The molecule has 0 atom stereocenters. The van der Waals surface area contributed by atoms with Crippen molar-refractivity contribution in [2.45, 2.75) is 78.6 Å². The number of hydrogen-bond donors (Lipinski definition) is 0. The molecule has 3 aromatic rings. The van der Waals surface area contributed by atoms with Gasteiger partial charge in [-0.15, -0.1) is 11.6 Å². The lowest BCUT2D eigenvalue weighted by atomic mass is 9.42. The quantitative estimate of drug-likeness (QED) is 0.262. The molecule has 0 unspecified atom stereocenters. The lowest BCUT2D eigenvalue weighted by Crippen LogP contribution is -2.42. The fourth-order valence-corrected chi connectivity index (χ4v) is 4.17. The molecule has 1 heteroatoms. The fourth-order valence-electron chi connectivity index (χ4n) is 4.17. The van der Waals surface area contributed by atoms with Crippen molar-refractivity contribution in [3.8, 4) is 23.5 Å². The molecule has 178 valence electrons. The van der Waals surface area contributed by atoms with Crippen LogP contribution in [0.3, 0.4) is 0 Å². The van der Waals surface area contributed by atoms with E-state index in [1.54, 1.807) is 0 Å². The van der Waals surface area contributed by atoms with Crippen LogP contribution in [0, 0.1) is 23.5 Å². The average Bonchev–Trinajstić information content (AvgIpc) is 2.78. The molecule has 0 spiro atoms. The van der Waals surface area contributed by atoms with Crippen molar-refractivity contribution in [3.05, 3.63) is 101 Å². The van der Waals surface area contributed by atoms with E-state index in [0.29, 0.717) is 0 Å². The van der Waals surface area contributed by atoms with E-state index >= 15 is 0 Å². The van der Waals surface area contributed by atoms with Gasteiger partial charge < -0.3 is 0 Å². The standard InChI is InChI=1S/C34H39B/c1-32(2,3)28-24-29(33(4,5)6)31(30(25-28)34(7,8)9)35(22-20-26-16-12-10-13-17-26)23-21-27-18-14-11-15-19-27/h10-19,24-25H,1-9H3. The van der Waals surface area contributed by atoms with Gasteiger partial charge in [-0.25, -0.2) is 0 Å². The van der Waals surface area contributed by atoms with Gasteiger partial charge in [-0.3, -0.25) is 0 Å². The highest BCUT2D eigenvalue weighted by atomic mass is 14.3. The zero-order chi connectivity index (χ0) is 25.9. The van der Waals surface area contributed by atoms with Crippen molar-refractivity contribution >= 4 is 12.2 Å². The molecule has 0 nitrogen and oxygen atoms in total. The molecule has 3 aromatic carbocycles. The Bertz CT molecular complexity index is 1180. The van der Waals surface area contributed by atoms with E-state index in [9.17, 15) is 0 Å². The molecule has 0 amide bonds. The third kappa shape index (κ3) is 6.93. The molecule has 0 N–H and O–H groups in total. The first-order valence-electron chi connectivity index (χ1n) is 12.6. The first kappa shape index (κ1) is 26.4. The topological polar surface area (TPSA) is 0 Å². The number of hydrogen-bond acceptors (Lipinski definition) is 0. The third-order valence-electron chi connectivity index (χ3n) is 6.22. The first-order chi connectivity index (χ1) is 16.3. The molecule has 0 aliphatic rings. The van der Waals surface area contributed by atoms with Crippen molar-refractivity contribution in [3.63, 3.8) is 0 Å². The summed E-state index contributed by atoms with van der Waals surface area (Å²) in [6.07, 6.45) is 0. The molecule has 0 heterocycles. The van der Waals surface area contributed by atoms with Crippen molar-refractivity contribution in [2.24, 2.45) is 0 Å². The van der Waals surface area contributed by atoms with Crippen LogP contribution in [0.5, 0.6) is 0 Å². The van der Waals surface area contributed by atoms with Crippen LogP contribution < -0.4 is 5.46 Å². The van der Waals surface area contributed by atoms with Crippen LogP contribution in [-0.2, 0) is 16.2 Å². The molecule has 0 saturated heterocycles. The summed E-state index contributed by atoms with van der Waals surface area (Å²) >= 11 is 0. The molecule has 0 radical (unpaired) electrons. The molecular formula is C34H39B. The molecule has 0 aliphatic heterocycles. The molecular weight excluding hydrogens is 419 g/mol. The minimum absolute atomic E-state index is 0.0440. The van der Waals surface area contributed by atoms with Crippen LogP contribution in [0.2, 0.25) is 0 Å². The van der Waals surface area contributed by atoms with E-state index in [1.807, 2.05) is 36.4 Å². The van der Waals surface area contributed by atoms with E-state index in [2.05, 4.69) is 122 Å². The van der Waals surface area contributed by atoms with Gasteiger partial charge in [0.25, 0.3) is 0 Å². The van der Waals surface area contributed by atoms with Gasteiger partial charge in [0.15, 0.2) is 0 Å². The summed E-state index contributed by atoms with van der Waals surface area (Å²) in [4.78, 5) is 0. The maximum absolute atomic E-state index is 3.58. The maximum atomic E-state index is 3.58. The lowest BCUT2D eigenvalue weighted by molar-refractivity contribution is 0.553. The number of rotatable bonds is 1. The normalized spacial score (nSPS) is 11.7. The number of benzene rings is 3. The van der Waals surface area contributed by atoms with Gasteiger partial charge in [0.1, 0.15) is 0 Å². The van der Waals surface area contributed by atoms with Gasteiger partial charge in [-0.05, 0) is 62.7 Å². The molecule has 35 heavy (non-hydrogen) atoms. The van der Waals surface area contributed by atoms with Crippen molar-refractivity contribution in [2.75, 3.05) is 0 Å². The van der Waals surface area contributed by atoms with Crippen LogP contribution in [-0.4, -0.2) is 6.71 Å². The highest BCUT2D eigenvalue weighted by Gasteiger charge is 2.33. The summed E-state index contributed by atoms with van der Waals surface area (Å²) in [5.41, 5.74) is 7.30. The summed E-state index contributed by atoms with van der Waals surface area (Å²) in [6, 6.07) is 25.3. The van der Waals surface area contributed by atoms with Crippen LogP contribution in [0.25, 0.3) is 0 Å². The smallest absolute Gasteiger partial charge is 0.125 e. The first-order valence-corrected chi connectivity index (χ1v) is 12.6. The highest BCUT2D eigenvalue weighted by Crippen LogP contribution is 2.33. The van der Waals surface area contributed by atoms with Crippen LogP contribution in [0.1, 0.15) is 90.1 Å². The third-order valence-corrected chi connectivity index (χ3v) is 6.22. The molecule has 0 aromatic heterocycles. The summed E-state index contributed by atoms with van der Waals surface area (Å²) in [5.74, 6) is 14.0. The van der Waals surface area contributed by atoms with E-state index in [1.165, 1.54) is 22.2 Å². The van der Waals surface area contributed by atoms with Gasteiger partial charge in [-0.1, -0.05) is 123 Å². The minimum atomic E-state index is -0.201. The maximum Gasteiger partial charge on any atom is 0.347 e. The predicted molar refractivity (Wildman–Crippen MR) is 155 cm³/mol. The Morgan fingerprint density at radius 3 is 1.20 bits per heavy atom. The lowest BCUT2D eigenvalue weighted by Gasteiger charge is -2.34. The zero-order valence-corrected chi connectivity index (χ0v) is 23.0. The minimum Gasteiger partial charge on any atom is -0.125 e. The largest absolute Gasteiger partial charge is 0.347 e. The second-order valence-electron chi connectivity index (χ2n) is 12.4. The molecule has 0 bridgehead atoms. The van der Waals surface area contributed by atoms with Crippen molar-refractivity contribution in [1.82, 2.24) is 0 Å². The van der Waals surface area contributed by atoms with E-state index in [4.69, 9.17) is 0 Å². The van der Waals surface area contributed by atoms with Gasteiger partial charge in [-0.2, -0.15) is 0 Å². The fraction of sp³-hybridized carbons (Fsp3) is 0.353. The van der Waals surface area contributed by atoms with Crippen molar-refractivity contribution in [1.29, 1.82) is 0 Å². The van der Waals surface area contributed by atoms with E-state index < -0.39 is 0 Å². The second kappa shape index (κ2) is 10.2. The second-order valence-corrected chi connectivity index (χ2v) is 12.4. The summed E-state index contributed by atoms with van der Waals surface area (Å²) in [5, 5.41) is 0. The molecule has 0 aliphatic carbocycles. The predicted octanol–water partition coefficient (Wildman–Crippen LogP) is 7.46. The van der Waals surface area contributed by atoms with Gasteiger partial charge >= 0.3 is 6.71 Å². The Morgan fingerprint density at radius 2 is 0.886 bits per heavy atom. The van der Waals surface area contributed by atoms with E-state index in [-0.39, 0.29) is 23.0 Å². The van der Waals surface area contributed by atoms with Crippen LogP contribution in [0.15, 0.2) is 72.8 Å². The van der Waals surface area contributed by atoms with Gasteiger partial charge in [0, 0.05) is 11.1 Å². The van der Waals surface area contributed by atoms with Crippen LogP contribution >= 0.6 is 0 Å². The Hall–Kier alpha value is -3.16. The van der Waals surface area contributed by atoms with Crippen LogP contribution in [0.4, 0.5) is 0 Å². The summed E-state index contributed by atoms with van der Waals surface area (Å²) in [6.45, 7) is 20.5. The molecule has 0 saturated carbocycles. The Morgan fingerprint density at radius 1 is 0.514 bits per heavy atom. The SMILES string of the molecule is CC(C)(C)c1cc(C(C)(C)C)c(B(C#Cc2ccccc2)C#Cc2ccccc2)c(C(C)(C)C)c1. The van der Waals surface area contributed by atoms with E-state index in [0.717, 1.165) is 11.1 Å².